The third-order valence-electron chi connectivity index (χ3n) is 3.74. The Hall–Kier alpha value is -1.40. The average molecular weight is 279 g/mol. The summed E-state index contributed by atoms with van der Waals surface area (Å²) in [4.78, 5) is 13.5. The van der Waals surface area contributed by atoms with E-state index < -0.39 is 0 Å². The highest BCUT2D eigenvalue weighted by molar-refractivity contribution is 5.75. The Balaban J connectivity index is 2.03. The van der Waals surface area contributed by atoms with Crippen molar-refractivity contribution in [3.05, 3.63) is 18.0 Å². The Kier molecular flexibility index (Phi) is 5.14. The standard InChI is InChI=1S/C14H25N5O/c1-11(2)19-8-5-12(17-19)9-18(10-14(15)20)13-3-6-16-7-4-13/h5,8,11,13,16H,3-4,6-7,9-10H2,1-2H3,(H2,15,20). The van der Waals surface area contributed by atoms with Crippen LogP contribution in [0.1, 0.15) is 38.4 Å². The Morgan fingerprint density at radius 1 is 1.55 bits per heavy atom. The van der Waals surface area contributed by atoms with E-state index in [0.717, 1.165) is 31.6 Å². The zero-order valence-corrected chi connectivity index (χ0v) is 12.4. The zero-order chi connectivity index (χ0) is 14.5. The highest BCUT2D eigenvalue weighted by atomic mass is 16.1. The fourth-order valence-corrected chi connectivity index (χ4v) is 2.64. The van der Waals surface area contributed by atoms with Crippen LogP contribution in [-0.4, -0.2) is 46.3 Å². The molecule has 0 radical (unpaired) electrons. The quantitative estimate of drug-likeness (QED) is 0.795. The molecule has 2 rings (SSSR count). The number of nitrogens with one attached hydrogen (secondary N) is 1. The fourth-order valence-electron chi connectivity index (χ4n) is 2.64. The van der Waals surface area contributed by atoms with Crippen LogP contribution in [0.5, 0.6) is 0 Å². The predicted octanol–water partition coefficient (Wildman–Crippen LogP) is 0.503. The molecule has 0 aliphatic carbocycles. The van der Waals surface area contributed by atoms with E-state index in [1.165, 1.54) is 0 Å². The number of nitrogens with zero attached hydrogens (tertiary/aromatic N) is 3. The predicted molar refractivity (Wildman–Crippen MR) is 78.1 cm³/mol. The molecule has 0 atom stereocenters. The number of rotatable bonds is 6. The van der Waals surface area contributed by atoms with Crippen LogP contribution in [0.3, 0.4) is 0 Å². The van der Waals surface area contributed by atoms with Gasteiger partial charge < -0.3 is 11.1 Å². The van der Waals surface area contributed by atoms with Gasteiger partial charge in [-0.1, -0.05) is 0 Å². The first-order valence-electron chi connectivity index (χ1n) is 7.33. The number of hydrogen-bond donors (Lipinski definition) is 2. The summed E-state index contributed by atoms with van der Waals surface area (Å²) in [6.45, 7) is 7.20. The molecule has 0 unspecified atom stereocenters. The van der Waals surface area contributed by atoms with Crippen LogP contribution < -0.4 is 11.1 Å². The zero-order valence-electron chi connectivity index (χ0n) is 12.4. The van der Waals surface area contributed by atoms with E-state index in [1.807, 2.05) is 16.9 Å². The number of amides is 1. The second-order valence-electron chi connectivity index (χ2n) is 5.73. The number of aromatic nitrogens is 2. The second kappa shape index (κ2) is 6.85. The third kappa shape index (κ3) is 4.05. The van der Waals surface area contributed by atoms with Gasteiger partial charge in [0.1, 0.15) is 0 Å². The number of nitrogens with two attached hydrogens (primary N) is 1. The lowest BCUT2D eigenvalue weighted by Gasteiger charge is -2.33. The third-order valence-corrected chi connectivity index (χ3v) is 3.74. The van der Waals surface area contributed by atoms with Crippen molar-refractivity contribution in [1.82, 2.24) is 20.0 Å². The Morgan fingerprint density at radius 3 is 2.80 bits per heavy atom. The van der Waals surface area contributed by atoms with Crippen molar-refractivity contribution < 1.29 is 4.79 Å². The minimum Gasteiger partial charge on any atom is -0.369 e. The molecular formula is C14H25N5O. The van der Waals surface area contributed by atoms with Crippen molar-refractivity contribution in [3.8, 4) is 0 Å². The average Bonchev–Trinajstić information content (AvgIpc) is 2.87. The molecule has 3 N–H and O–H groups in total. The Labute approximate surface area is 120 Å². The van der Waals surface area contributed by atoms with Crippen molar-refractivity contribution in [2.75, 3.05) is 19.6 Å². The molecule has 2 heterocycles. The molecule has 1 aliphatic heterocycles. The van der Waals surface area contributed by atoms with Crippen LogP contribution >= 0.6 is 0 Å². The summed E-state index contributed by atoms with van der Waals surface area (Å²) < 4.78 is 1.94. The molecule has 0 saturated carbocycles. The molecule has 1 aromatic heterocycles. The Bertz CT molecular complexity index is 437. The van der Waals surface area contributed by atoms with Crippen molar-refractivity contribution in [3.63, 3.8) is 0 Å². The van der Waals surface area contributed by atoms with Gasteiger partial charge in [0, 0.05) is 24.8 Å². The summed E-state index contributed by atoms with van der Waals surface area (Å²) in [6.07, 6.45) is 4.10. The first kappa shape index (κ1) is 15.0. The Morgan fingerprint density at radius 2 is 2.25 bits per heavy atom. The molecule has 6 nitrogen and oxygen atoms in total. The smallest absolute Gasteiger partial charge is 0.231 e. The van der Waals surface area contributed by atoms with Gasteiger partial charge in [-0.15, -0.1) is 0 Å². The molecular weight excluding hydrogens is 254 g/mol. The lowest BCUT2D eigenvalue weighted by atomic mass is 10.0. The summed E-state index contributed by atoms with van der Waals surface area (Å²) in [5.74, 6) is -0.271. The molecule has 6 heteroatoms. The molecule has 112 valence electrons. The van der Waals surface area contributed by atoms with Gasteiger partial charge in [0.2, 0.25) is 5.91 Å². The molecule has 1 aliphatic rings. The van der Waals surface area contributed by atoms with Crippen LogP contribution in [0.4, 0.5) is 0 Å². The van der Waals surface area contributed by atoms with Gasteiger partial charge in [-0.05, 0) is 45.8 Å². The van der Waals surface area contributed by atoms with E-state index in [-0.39, 0.29) is 5.91 Å². The molecule has 1 fully saturated rings. The van der Waals surface area contributed by atoms with E-state index in [2.05, 4.69) is 29.2 Å². The normalized spacial score (nSPS) is 17.0. The fraction of sp³-hybridized carbons (Fsp3) is 0.714. The summed E-state index contributed by atoms with van der Waals surface area (Å²) in [7, 11) is 0. The summed E-state index contributed by atoms with van der Waals surface area (Å²) in [6, 6.07) is 2.79. The van der Waals surface area contributed by atoms with E-state index in [0.29, 0.717) is 25.2 Å². The van der Waals surface area contributed by atoms with Gasteiger partial charge >= 0.3 is 0 Å². The van der Waals surface area contributed by atoms with Crippen LogP contribution in [0.15, 0.2) is 12.3 Å². The SMILES string of the molecule is CC(C)n1ccc(CN(CC(N)=O)C2CCNCC2)n1. The summed E-state index contributed by atoms with van der Waals surface area (Å²) >= 11 is 0. The molecule has 0 spiro atoms. The molecule has 20 heavy (non-hydrogen) atoms. The highest BCUT2D eigenvalue weighted by Gasteiger charge is 2.23. The first-order chi connectivity index (χ1) is 9.56. The number of carbonyl (C=O) groups is 1. The number of hydrogen-bond acceptors (Lipinski definition) is 4. The van der Waals surface area contributed by atoms with Gasteiger partial charge in [0.25, 0.3) is 0 Å². The van der Waals surface area contributed by atoms with Crippen LogP contribution in [0.2, 0.25) is 0 Å². The number of carbonyl (C=O) groups excluding carboxylic acids is 1. The summed E-state index contributed by atoms with van der Waals surface area (Å²) in [5.41, 5.74) is 6.38. The van der Waals surface area contributed by atoms with Crippen molar-refractivity contribution >= 4 is 5.91 Å². The van der Waals surface area contributed by atoms with Crippen LogP contribution in [0.25, 0.3) is 0 Å². The van der Waals surface area contributed by atoms with Crippen LogP contribution in [0, 0.1) is 0 Å². The number of piperidine rings is 1. The van der Waals surface area contributed by atoms with E-state index in [4.69, 9.17) is 5.73 Å². The van der Waals surface area contributed by atoms with Crippen molar-refractivity contribution in [2.24, 2.45) is 5.73 Å². The van der Waals surface area contributed by atoms with Crippen LogP contribution in [-0.2, 0) is 11.3 Å². The van der Waals surface area contributed by atoms with Gasteiger partial charge in [-0.2, -0.15) is 5.10 Å². The molecule has 1 aromatic rings. The monoisotopic (exact) mass is 279 g/mol. The number of primary amides is 1. The van der Waals surface area contributed by atoms with Gasteiger partial charge in [-0.3, -0.25) is 14.4 Å². The van der Waals surface area contributed by atoms with E-state index >= 15 is 0 Å². The maximum atomic E-state index is 11.3. The second-order valence-corrected chi connectivity index (χ2v) is 5.73. The topological polar surface area (TPSA) is 76.2 Å². The summed E-state index contributed by atoms with van der Waals surface area (Å²) in [5, 5.41) is 7.90. The van der Waals surface area contributed by atoms with Gasteiger partial charge in [0.05, 0.1) is 12.2 Å². The van der Waals surface area contributed by atoms with E-state index in [9.17, 15) is 4.79 Å². The van der Waals surface area contributed by atoms with Gasteiger partial charge in [0.15, 0.2) is 0 Å². The molecule has 1 saturated heterocycles. The van der Waals surface area contributed by atoms with Gasteiger partial charge in [-0.25, -0.2) is 0 Å². The van der Waals surface area contributed by atoms with E-state index in [1.54, 1.807) is 0 Å². The maximum absolute atomic E-state index is 11.3. The first-order valence-corrected chi connectivity index (χ1v) is 7.33. The highest BCUT2D eigenvalue weighted by Crippen LogP contribution is 2.15. The largest absolute Gasteiger partial charge is 0.369 e. The minimum absolute atomic E-state index is 0.271. The minimum atomic E-state index is -0.271. The lowest BCUT2D eigenvalue weighted by molar-refractivity contribution is -0.120. The molecule has 0 bridgehead atoms. The van der Waals surface area contributed by atoms with Crippen molar-refractivity contribution in [1.29, 1.82) is 0 Å². The maximum Gasteiger partial charge on any atom is 0.231 e. The molecule has 0 aromatic carbocycles. The molecule has 1 amide bonds. The lowest BCUT2D eigenvalue weighted by Crippen LogP contribution is -2.46. The van der Waals surface area contributed by atoms with Crippen molar-refractivity contribution in [2.45, 2.75) is 45.3 Å².